The maximum atomic E-state index is 11.3. The maximum absolute atomic E-state index is 11.3. The summed E-state index contributed by atoms with van der Waals surface area (Å²) in [6, 6.07) is 0. The highest BCUT2D eigenvalue weighted by Crippen LogP contribution is 2.05. The zero-order valence-corrected chi connectivity index (χ0v) is 10.6. The van der Waals surface area contributed by atoms with Gasteiger partial charge < -0.3 is 5.11 Å². The molecule has 0 rings (SSSR count). The van der Waals surface area contributed by atoms with Gasteiger partial charge in [-0.25, -0.2) is 0 Å². The Bertz CT molecular complexity index is 294. The van der Waals surface area contributed by atoms with Crippen LogP contribution in [0.15, 0.2) is 0 Å². The van der Waals surface area contributed by atoms with Crippen LogP contribution in [0.5, 0.6) is 0 Å². The van der Waals surface area contributed by atoms with Gasteiger partial charge in [0.15, 0.2) is 0 Å². The van der Waals surface area contributed by atoms with E-state index in [-0.39, 0.29) is 24.7 Å². The average molecular weight is 252 g/mol. The van der Waals surface area contributed by atoms with Gasteiger partial charge in [-0.3, -0.25) is 8.98 Å². The van der Waals surface area contributed by atoms with Gasteiger partial charge in [-0.15, -0.1) is 0 Å². The van der Waals surface area contributed by atoms with Gasteiger partial charge >= 0.3 is 5.97 Å². The molecule has 0 atom stereocenters. The Labute approximate surface area is 96.9 Å². The first-order chi connectivity index (χ1) is 7.33. The van der Waals surface area contributed by atoms with E-state index in [1.807, 2.05) is 13.8 Å². The van der Waals surface area contributed by atoms with E-state index in [9.17, 15) is 13.2 Å². The second-order valence-corrected chi connectivity index (χ2v) is 5.90. The van der Waals surface area contributed by atoms with Gasteiger partial charge in [0.2, 0.25) is 0 Å². The predicted octanol–water partition coefficient (Wildman–Crippen LogP) is 1.63. The molecule has 0 aliphatic carbocycles. The van der Waals surface area contributed by atoms with E-state index < -0.39 is 16.1 Å². The van der Waals surface area contributed by atoms with Crippen LogP contribution in [-0.2, 0) is 19.1 Å². The summed E-state index contributed by atoms with van der Waals surface area (Å²) in [5.74, 6) is -0.694. The molecule has 0 aromatic rings. The van der Waals surface area contributed by atoms with E-state index in [0.717, 1.165) is 0 Å². The second kappa shape index (κ2) is 7.62. The minimum absolute atomic E-state index is 0.0284. The lowest BCUT2D eigenvalue weighted by molar-refractivity contribution is -0.137. The molecular weight excluding hydrogens is 232 g/mol. The van der Waals surface area contributed by atoms with Crippen LogP contribution in [0.3, 0.4) is 0 Å². The van der Waals surface area contributed by atoms with Crippen LogP contribution in [0.1, 0.15) is 39.5 Å². The standard InChI is InChI=1S/C10H20O5S/c1-9(2)8-15-16(13,14)7-5-3-4-6-10(11)12/h9H,3-8H2,1-2H3,(H,11,12). The molecule has 0 aromatic heterocycles. The Morgan fingerprint density at radius 3 is 2.38 bits per heavy atom. The number of rotatable bonds is 9. The summed E-state index contributed by atoms with van der Waals surface area (Å²) in [5.41, 5.74) is 0. The zero-order chi connectivity index (χ0) is 12.6. The lowest BCUT2D eigenvalue weighted by atomic mass is 10.2. The topological polar surface area (TPSA) is 80.7 Å². The van der Waals surface area contributed by atoms with Gasteiger partial charge in [0.1, 0.15) is 0 Å². The summed E-state index contributed by atoms with van der Waals surface area (Å²) in [7, 11) is -3.42. The molecule has 0 unspecified atom stereocenters. The fourth-order valence-electron chi connectivity index (χ4n) is 1.03. The first-order valence-corrected chi connectivity index (χ1v) is 7.00. The molecule has 0 aromatic carbocycles. The Kier molecular flexibility index (Phi) is 7.33. The number of hydrogen-bond acceptors (Lipinski definition) is 4. The van der Waals surface area contributed by atoms with Gasteiger partial charge in [-0.1, -0.05) is 20.3 Å². The van der Waals surface area contributed by atoms with Crippen LogP contribution in [0.25, 0.3) is 0 Å². The molecule has 0 radical (unpaired) electrons. The Morgan fingerprint density at radius 1 is 1.25 bits per heavy atom. The summed E-state index contributed by atoms with van der Waals surface area (Å²) in [4.78, 5) is 10.2. The van der Waals surface area contributed by atoms with Crippen molar-refractivity contribution in [1.29, 1.82) is 0 Å². The lowest BCUT2D eigenvalue weighted by Gasteiger charge is -2.07. The summed E-state index contributed by atoms with van der Waals surface area (Å²) in [5, 5.41) is 8.38. The van der Waals surface area contributed by atoms with Crippen LogP contribution in [0.4, 0.5) is 0 Å². The van der Waals surface area contributed by atoms with E-state index in [1.54, 1.807) is 0 Å². The molecular formula is C10H20O5S. The highest BCUT2D eigenvalue weighted by Gasteiger charge is 2.11. The fourth-order valence-corrected chi connectivity index (χ4v) is 2.19. The number of carboxylic acids is 1. The first-order valence-electron chi connectivity index (χ1n) is 5.42. The molecule has 16 heavy (non-hydrogen) atoms. The molecule has 1 N–H and O–H groups in total. The third-order valence-electron chi connectivity index (χ3n) is 1.87. The van der Waals surface area contributed by atoms with Crippen LogP contribution in [0.2, 0.25) is 0 Å². The van der Waals surface area contributed by atoms with Crippen LogP contribution >= 0.6 is 0 Å². The quantitative estimate of drug-likeness (QED) is 0.498. The van der Waals surface area contributed by atoms with Gasteiger partial charge in [0, 0.05) is 6.42 Å². The molecule has 6 heteroatoms. The van der Waals surface area contributed by atoms with Crippen molar-refractivity contribution in [3.05, 3.63) is 0 Å². The molecule has 0 saturated carbocycles. The predicted molar refractivity (Wildman–Crippen MR) is 60.7 cm³/mol. The highest BCUT2D eigenvalue weighted by atomic mass is 32.2. The van der Waals surface area contributed by atoms with Crippen molar-refractivity contribution in [2.24, 2.45) is 5.92 Å². The van der Waals surface area contributed by atoms with Crippen LogP contribution in [0, 0.1) is 5.92 Å². The number of carboxylic acid groups (broad SMARTS) is 1. The number of unbranched alkanes of at least 4 members (excludes halogenated alkanes) is 2. The van der Waals surface area contributed by atoms with Crippen molar-refractivity contribution in [2.45, 2.75) is 39.5 Å². The fraction of sp³-hybridized carbons (Fsp3) is 0.900. The molecule has 5 nitrogen and oxygen atoms in total. The molecule has 0 spiro atoms. The molecule has 0 bridgehead atoms. The monoisotopic (exact) mass is 252 g/mol. The van der Waals surface area contributed by atoms with Crippen molar-refractivity contribution in [3.8, 4) is 0 Å². The molecule has 96 valence electrons. The van der Waals surface area contributed by atoms with Gasteiger partial charge in [-0.05, 0) is 18.8 Å². The summed E-state index contributed by atoms with van der Waals surface area (Å²) in [6.45, 7) is 3.96. The van der Waals surface area contributed by atoms with Crippen molar-refractivity contribution in [3.63, 3.8) is 0 Å². The largest absolute Gasteiger partial charge is 0.481 e. The van der Waals surface area contributed by atoms with E-state index in [0.29, 0.717) is 19.3 Å². The van der Waals surface area contributed by atoms with Crippen LogP contribution in [-0.4, -0.2) is 31.9 Å². The number of hydrogen-bond donors (Lipinski definition) is 1. The Morgan fingerprint density at radius 2 is 1.88 bits per heavy atom. The minimum atomic E-state index is -3.42. The van der Waals surface area contributed by atoms with E-state index in [1.165, 1.54) is 0 Å². The van der Waals surface area contributed by atoms with E-state index in [2.05, 4.69) is 0 Å². The van der Waals surface area contributed by atoms with Crippen molar-refractivity contribution < 1.29 is 22.5 Å². The molecule has 0 amide bonds. The van der Waals surface area contributed by atoms with Crippen molar-refractivity contribution in [2.75, 3.05) is 12.4 Å². The summed E-state index contributed by atoms with van der Waals surface area (Å²) in [6.07, 6.45) is 1.65. The minimum Gasteiger partial charge on any atom is -0.481 e. The normalized spacial score (nSPS) is 11.9. The Hall–Kier alpha value is -0.620. The smallest absolute Gasteiger partial charge is 0.303 e. The number of aliphatic carboxylic acids is 1. The van der Waals surface area contributed by atoms with Crippen LogP contribution < -0.4 is 0 Å². The zero-order valence-electron chi connectivity index (χ0n) is 9.81. The second-order valence-electron chi connectivity index (χ2n) is 4.14. The average Bonchev–Trinajstić information content (AvgIpc) is 2.14. The molecule has 0 saturated heterocycles. The summed E-state index contributed by atoms with van der Waals surface area (Å²) >= 11 is 0. The van der Waals surface area contributed by atoms with Gasteiger partial charge in [0.25, 0.3) is 10.1 Å². The SMILES string of the molecule is CC(C)COS(=O)(=O)CCCCCC(=O)O. The highest BCUT2D eigenvalue weighted by molar-refractivity contribution is 7.86. The van der Waals surface area contributed by atoms with E-state index >= 15 is 0 Å². The first kappa shape index (κ1) is 15.4. The molecule has 0 heterocycles. The van der Waals surface area contributed by atoms with Gasteiger partial charge in [0.05, 0.1) is 12.4 Å². The van der Waals surface area contributed by atoms with Crippen molar-refractivity contribution >= 4 is 16.1 Å². The molecule has 0 fully saturated rings. The maximum Gasteiger partial charge on any atom is 0.303 e. The Balaban J connectivity index is 3.62. The summed E-state index contributed by atoms with van der Waals surface area (Å²) < 4.78 is 27.4. The third kappa shape index (κ3) is 9.92. The molecule has 0 aliphatic heterocycles. The van der Waals surface area contributed by atoms with E-state index in [4.69, 9.17) is 9.29 Å². The number of carbonyl (C=O) groups is 1. The third-order valence-corrected chi connectivity index (χ3v) is 3.15. The van der Waals surface area contributed by atoms with Gasteiger partial charge in [-0.2, -0.15) is 8.42 Å². The molecule has 0 aliphatic rings. The van der Waals surface area contributed by atoms with Crippen molar-refractivity contribution in [1.82, 2.24) is 0 Å². The lowest BCUT2D eigenvalue weighted by Crippen LogP contribution is -2.14.